The summed E-state index contributed by atoms with van der Waals surface area (Å²) < 4.78 is 55.6. The van der Waals surface area contributed by atoms with Gasteiger partial charge in [0.25, 0.3) is 5.91 Å². The zero-order chi connectivity index (χ0) is 28.1. The van der Waals surface area contributed by atoms with Gasteiger partial charge in [-0.25, -0.2) is 18.7 Å². The van der Waals surface area contributed by atoms with Gasteiger partial charge in [0.2, 0.25) is 0 Å². The Hall–Kier alpha value is -3.90. The number of fused-ring (bicyclic) bond motifs is 1. The van der Waals surface area contributed by atoms with Gasteiger partial charge in [0.1, 0.15) is 11.6 Å². The van der Waals surface area contributed by atoms with E-state index in [4.69, 9.17) is 0 Å². The van der Waals surface area contributed by atoms with Crippen LogP contribution in [0, 0.1) is 12.7 Å². The molecule has 0 radical (unpaired) electrons. The first kappa shape index (κ1) is 26.7. The van der Waals surface area contributed by atoms with E-state index in [-0.39, 0.29) is 11.1 Å². The highest BCUT2D eigenvalue weighted by Gasteiger charge is 2.46. The SMILES string of the molecule is Cc1nc2c(N3CCC4(CCCN4C(=O)O)CC3)cc(C(=O)N[C@H](C)c3cccc(C(F)(F)F)c3F)cn2n1. The van der Waals surface area contributed by atoms with Gasteiger partial charge in [0.05, 0.1) is 22.9 Å². The Morgan fingerprint density at radius 1 is 1.15 bits per heavy atom. The molecule has 0 bridgehead atoms. The highest BCUT2D eigenvalue weighted by atomic mass is 19.4. The number of amides is 2. The smallest absolute Gasteiger partial charge is 0.419 e. The molecule has 2 N–H and O–H groups in total. The number of piperidine rings is 1. The Kier molecular flexibility index (Phi) is 6.63. The van der Waals surface area contributed by atoms with Gasteiger partial charge < -0.3 is 20.2 Å². The number of halogens is 4. The molecule has 0 unspecified atom stereocenters. The molecule has 0 aliphatic carbocycles. The van der Waals surface area contributed by atoms with Crippen molar-refractivity contribution in [3.05, 3.63) is 58.8 Å². The molecule has 0 saturated carbocycles. The van der Waals surface area contributed by atoms with E-state index in [1.54, 1.807) is 17.9 Å². The molecule has 1 aromatic carbocycles. The zero-order valence-corrected chi connectivity index (χ0v) is 21.4. The Bertz CT molecular complexity index is 1430. The molecule has 2 aliphatic heterocycles. The predicted molar refractivity (Wildman–Crippen MR) is 133 cm³/mol. The fraction of sp³-hybridized carbons (Fsp3) is 0.462. The molecule has 1 spiro atoms. The summed E-state index contributed by atoms with van der Waals surface area (Å²) in [6.45, 7) is 4.73. The molecule has 13 heteroatoms. The van der Waals surface area contributed by atoms with Gasteiger partial charge in [-0.3, -0.25) is 4.79 Å². The van der Waals surface area contributed by atoms with Crippen molar-refractivity contribution in [3.63, 3.8) is 0 Å². The number of pyridine rings is 1. The number of hydrogen-bond donors (Lipinski definition) is 2. The standard InChI is InChI=1S/C26H28F4N6O3/c1-15(18-5-3-6-19(21(18)27)26(28,29)30)31-23(37)17-13-20(22-32-16(2)33-36(22)14-17)34-11-8-25(9-12-34)7-4-10-35(25)24(38)39/h3,5-6,13-15H,4,7-12H2,1-2H3,(H,31,37)(H,38,39)/t15-/m1/s1. The maximum absolute atomic E-state index is 14.7. The normalized spacial score (nSPS) is 18.1. The summed E-state index contributed by atoms with van der Waals surface area (Å²) >= 11 is 0. The van der Waals surface area contributed by atoms with Crippen LogP contribution in [0.5, 0.6) is 0 Å². The first-order valence-corrected chi connectivity index (χ1v) is 12.7. The maximum Gasteiger partial charge on any atom is 0.419 e. The summed E-state index contributed by atoms with van der Waals surface area (Å²) in [7, 11) is 0. The summed E-state index contributed by atoms with van der Waals surface area (Å²) in [6, 6.07) is 3.55. The number of alkyl halides is 3. The van der Waals surface area contributed by atoms with Crippen molar-refractivity contribution in [3.8, 4) is 0 Å². The van der Waals surface area contributed by atoms with Crippen LogP contribution >= 0.6 is 0 Å². The van der Waals surface area contributed by atoms with Crippen LogP contribution in [0.15, 0.2) is 30.5 Å². The lowest BCUT2D eigenvalue weighted by molar-refractivity contribution is -0.140. The van der Waals surface area contributed by atoms with Crippen LogP contribution < -0.4 is 10.2 Å². The molecule has 3 aromatic rings. The van der Waals surface area contributed by atoms with E-state index >= 15 is 0 Å². The van der Waals surface area contributed by atoms with Crippen LogP contribution in [-0.4, -0.2) is 61.8 Å². The summed E-state index contributed by atoms with van der Waals surface area (Å²) in [5, 5.41) is 16.6. The molecule has 2 saturated heterocycles. The topological polar surface area (TPSA) is 103 Å². The number of likely N-dealkylation sites (tertiary alicyclic amines) is 1. The second-order valence-electron chi connectivity index (χ2n) is 10.2. The van der Waals surface area contributed by atoms with Crippen LogP contribution in [0.4, 0.5) is 28.0 Å². The minimum Gasteiger partial charge on any atom is -0.465 e. The van der Waals surface area contributed by atoms with E-state index in [1.165, 1.54) is 23.7 Å². The second kappa shape index (κ2) is 9.69. The number of nitrogens with one attached hydrogen (secondary N) is 1. The molecule has 1 atom stereocenters. The Balaban J connectivity index is 1.40. The largest absolute Gasteiger partial charge is 0.465 e. The molecule has 39 heavy (non-hydrogen) atoms. The van der Waals surface area contributed by atoms with Crippen molar-refractivity contribution < 1.29 is 32.3 Å². The average molecular weight is 549 g/mol. The minimum atomic E-state index is -4.86. The van der Waals surface area contributed by atoms with Crippen LogP contribution in [0.25, 0.3) is 5.65 Å². The molecule has 4 heterocycles. The van der Waals surface area contributed by atoms with Gasteiger partial charge in [-0.1, -0.05) is 12.1 Å². The van der Waals surface area contributed by atoms with E-state index < -0.39 is 41.1 Å². The Labute approximate surface area is 221 Å². The predicted octanol–water partition coefficient (Wildman–Crippen LogP) is 4.80. The number of anilines is 1. The van der Waals surface area contributed by atoms with E-state index in [1.807, 2.05) is 4.90 Å². The van der Waals surface area contributed by atoms with Crippen molar-refractivity contribution in [2.75, 3.05) is 24.5 Å². The first-order valence-electron chi connectivity index (χ1n) is 12.7. The molecule has 2 aliphatic rings. The molecule has 2 aromatic heterocycles. The molecule has 2 fully saturated rings. The average Bonchev–Trinajstić information content (AvgIpc) is 3.45. The zero-order valence-electron chi connectivity index (χ0n) is 21.4. The number of benzene rings is 1. The number of hydrogen-bond acceptors (Lipinski definition) is 5. The highest BCUT2D eigenvalue weighted by molar-refractivity contribution is 5.96. The number of aromatic nitrogens is 3. The third kappa shape index (κ3) is 4.85. The number of nitrogens with zero attached hydrogens (tertiary/aromatic N) is 5. The minimum absolute atomic E-state index is 0.176. The van der Waals surface area contributed by atoms with E-state index in [9.17, 15) is 32.3 Å². The van der Waals surface area contributed by atoms with Gasteiger partial charge in [-0.05, 0) is 51.7 Å². The van der Waals surface area contributed by atoms with Crippen LogP contribution in [0.1, 0.15) is 66.0 Å². The molecule has 208 valence electrons. The van der Waals surface area contributed by atoms with E-state index in [0.29, 0.717) is 55.7 Å². The van der Waals surface area contributed by atoms with Gasteiger partial charge >= 0.3 is 12.3 Å². The fourth-order valence-corrected chi connectivity index (χ4v) is 5.81. The van der Waals surface area contributed by atoms with Gasteiger partial charge in [-0.15, -0.1) is 0 Å². The van der Waals surface area contributed by atoms with Crippen molar-refractivity contribution in [1.29, 1.82) is 0 Å². The lowest BCUT2D eigenvalue weighted by Crippen LogP contribution is -2.53. The quantitative estimate of drug-likeness (QED) is 0.454. The summed E-state index contributed by atoms with van der Waals surface area (Å²) in [6.07, 6.45) is -1.43. The highest BCUT2D eigenvalue weighted by Crippen LogP contribution is 2.40. The van der Waals surface area contributed by atoms with Gasteiger partial charge in [-0.2, -0.15) is 18.3 Å². The summed E-state index contributed by atoms with van der Waals surface area (Å²) in [4.78, 5) is 33.1. The number of carboxylic acid groups (broad SMARTS) is 1. The number of aryl methyl sites for hydroxylation is 1. The third-order valence-corrected chi connectivity index (χ3v) is 7.79. The fourth-order valence-electron chi connectivity index (χ4n) is 5.81. The molecule has 9 nitrogen and oxygen atoms in total. The van der Waals surface area contributed by atoms with Crippen molar-refractivity contribution in [2.45, 2.75) is 57.3 Å². The number of carbonyl (C=O) groups excluding carboxylic acids is 1. The van der Waals surface area contributed by atoms with Gasteiger partial charge in [0, 0.05) is 36.9 Å². The van der Waals surface area contributed by atoms with Crippen molar-refractivity contribution >= 4 is 23.3 Å². The summed E-state index contributed by atoms with van der Waals surface area (Å²) in [5.41, 5.74) is -0.738. The summed E-state index contributed by atoms with van der Waals surface area (Å²) in [5.74, 6) is -1.56. The molecular formula is C26H28F4N6O3. The van der Waals surface area contributed by atoms with Crippen LogP contribution in [-0.2, 0) is 6.18 Å². The Morgan fingerprint density at radius 3 is 2.54 bits per heavy atom. The number of rotatable bonds is 4. The van der Waals surface area contributed by atoms with Gasteiger partial charge in [0.15, 0.2) is 5.65 Å². The molecular weight excluding hydrogens is 520 g/mol. The maximum atomic E-state index is 14.7. The molecule has 2 amide bonds. The van der Waals surface area contributed by atoms with Crippen molar-refractivity contribution in [2.24, 2.45) is 0 Å². The first-order chi connectivity index (χ1) is 18.4. The van der Waals surface area contributed by atoms with Crippen LogP contribution in [0.2, 0.25) is 0 Å². The van der Waals surface area contributed by atoms with E-state index in [0.717, 1.165) is 18.9 Å². The monoisotopic (exact) mass is 548 g/mol. The lowest BCUT2D eigenvalue weighted by atomic mass is 9.85. The number of carbonyl (C=O) groups is 2. The molecule has 5 rings (SSSR count). The third-order valence-electron chi connectivity index (χ3n) is 7.79. The van der Waals surface area contributed by atoms with Crippen LogP contribution in [0.3, 0.4) is 0 Å². The lowest BCUT2D eigenvalue weighted by Gasteiger charge is -2.44. The van der Waals surface area contributed by atoms with E-state index in [2.05, 4.69) is 15.4 Å². The van der Waals surface area contributed by atoms with Crippen molar-refractivity contribution in [1.82, 2.24) is 24.8 Å². The Morgan fingerprint density at radius 2 is 1.87 bits per heavy atom. The second-order valence-corrected chi connectivity index (χ2v) is 10.2.